The minimum atomic E-state index is -0.599. The van der Waals surface area contributed by atoms with Crippen LogP contribution in [0.1, 0.15) is 26.2 Å². The fourth-order valence-electron chi connectivity index (χ4n) is 3.57. The third kappa shape index (κ3) is 5.06. The van der Waals surface area contributed by atoms with E-state index in [0.29, 0.717) is 43.5 Å². The summed E-state index contributed by atoms with van der Waals surface area (Å²) in [5.74, 6) is -0.351. The lowest BCUT2D eigenvalue weighted by Crippen LogP contribution is -2.38. The number of carbonyl (C=O) groups excluding carboxylic acids is 2. The van der Waals surface area contributed by atoms with E-state index in [1.54, 1.807) is 11.0 Å². The molecule has 160 valence electrons. The average molecular weight is 429 g/mol. The smallest absolute Gasteiger partial charge is 0.252 e. The highest BCUT2D eigenvalue weighted by molar-refractivity contribution is 7.80. The van der Waals surface area contributed by atoms with E-state index in [-0.39, 0.29) is 18.2 Å². The first-order chi connectivity index (χ1) is 14.5. The van der Waals surface area contributed by atoms with E-state index in [1.165, 1.54) is 0 Å². The summed E-state index contributed by atoms with van der Waals surface area (Å²) in [6.45, 7) is 7.94. The Labute approximate surface area is 182 Å². The van der Waals surface area contributed by atoms with Gasteiger partial charge in [0.25, 0.3) is 5.91 Å². The van der Waals surface area contributed by atoms with Gasteiger partial charge >= 0.3 is 0 Å². The number of nitrogens with one attached hydrogen (secondary N) is 2. The normalized spacial score (nSPS) is 16.5. The summed E-state index contributed by atoms with van der Waals surface area (Å²) in [4.78, 5) is 32.3. The molecule has 1 atom stereocenters. The van der Waals surface area contributed by atoms with Crippen LogP contribution in [0.3, 0.4) is 0 Å². The topological polar surface area (TPSA) is 77.7 Å². The number of aromatic amines is 1. The van der Waals surface area contributed by atoms with Gasteiger partial charge in [-0.2, -0.15) is 0 Å². The highest BCUT2D eigenvalue weighted by Crippen LogP contribution is 2.23. The maximum absolute atomic E-state index is 13.0. The van der Waals surface area contributed by atoms with E-state index >= 15 is 0 Å². The molecule has 30 heavy (non-hydrogen) atoms. The lowest BCUT2D eigenvalue weighted by atomic mass is 10.1. The van der Waals surface area contributed by atoms with E-state index in [0.717, 1.165) is 17.3 Å². The van der Waals surface area contributed by atoms with Crippen LogP contribution in [0.2, 0.25) is 0 Å². The number of aromatic nitrogens is 1. The molecule has 1 aliphatic rings. The summed E-state index contributed by atoms with van der Waals surface area (Å²) in [5, 5.41) is 4.45. The molecular weight excluding hydrogens is 400 g/mol. The molecule has 1 saturated heterocycles. The van der Waals surface area contributed by atoms with Crippen molar-refractivity contribution in [3.8, 4) is 0 Å². The van der Waals surface area contributed by atoms with Crippen molar-refractivity contribution in [1.29, 1.82) is 0 Å². The van der Waals surface area contributed by atoms with Crippen molar-refractivity contribution in [3.05, 3.63) is 43.1 Å². The molecule has 2 heterocycles. The fourth-order valence-corrected chi connectivity index (χ4v) is 3.97. The first-order valence-corrected chi connectivity index (χ1v) is 10.6. The van der Waals surface area contributed by atoms with Gasteiger partial charge in [-0.05, 0) is 55.6 Å². The minimum Gasteiger partial charge on any atom is -0.382 e. The number of hydrogen-bond acceptors (Lipinski definition) is 4. The lowest BCUT2D eigenvalue weighted by Gasteiger charge is -2.23. The second-order valence-electron chi connectivity index (χ2n) is 7.14. The number of hydrogen-bond donors (Lipinski definition) is 2. The molecule has 7 nitrogen and oxygen atoms in total. The van der Waals surface area contributed by atoms with Gasteiger partial charge in [0.05, 0.1) is 6.42 Å². The zero-order valence-electron chi connectivity index (χ0n) is 17.2. The van der Waals surface area contributed by atoms with Gasteiger partial charge in [-0.15, -0.1) is 6.58 Å². The van der Waals surface area contributed by atoms with E-state index in [9.17, 15) is 9.59 Å². The number of ether oxygens (including phenoxy) is 1. The predicted octanol–water partition coefficient (Wildman–Crippen LogP) is 3.30. The molecule has 2 N–H and O–H groups in total. The quantitative estimate of drug-likeness (QED) is 0.326. The number of H-pyrrole nitrogens is 1. The van der Waals surface area contributed by atoms with Crippen molar-refractivity contribution >= 4 is 45.7 Å². The number of thiocarbonyl (C=S) groups is 1. The lowest BCUT2D eigenvalue weighted by molar-refractivity contribution is -0.130. The SMILES string of the molecule is C=CCCN1C(=O)C(CC(=O)Nc2ccc3cc[nH]c3c2)N(CCCOCC)C1=S. The number of anilines is 1. The van der Waals surface area contributed by atoms with Crippen LogP contribution in [0.25, 0.3) is 10.9 Å². The second-order valence-corrected chi connectivity index (χ2v) is 7.51. The molecule has 2 amide bonds. The molecule has 1 aromatic heterocycles. The van der Waals surface area contributed by atoms with Crippen LogP contribution in [-0.4, -0.2) is 64.1 Å². The van der Waals surface area contributed by atoms with Crippen molar-refractivity contribution in [2.24, 2.45) is 0 Å². The Morgan fingerprint density at radius 2 is 2.20 bits per heavy atom. The van der Waals surface area contributed by atoms with Crippen molar-refractivity contribution in [1.82, 2.24) is 14.8 Å². The van der Waals surface area contributed by atoms with Gasteiger partial charge in [0.15, 0.2) is 5.11 Å². The molecule has 0 bridgehead atoms. The maximum Gasteiger partial charge on any atom is 0.252 e. The van der Waals surface area contributed by atoms with Gasteiger partial charge in [0.1, 0.15) is 6.04 Å². The molecule has 8 heteroatoms. The molecule has 1 aromatic carbocycles. The molecule has 1 aliphatic heterocycles. The second kappa shape index (κ2) is 10.4. The van der Waals surface area contributed by atoms with Gasteiger partial charge in [0, 0.05) is 43.7 Å². The minimum absolute atomic E-state index is 0.0426. The number of nitrogens with zero attached hydrogens (tertiary/aromatic N) is 2. The van der Waals surface area contributed by atoms with Crippen molar-refractivity contribution in [2.45, 2.75) is 32.2 Å². The molecule has 2 aromatic rings. The summed E-state index contributed by atoms with van der Waals surface area (Å²) in [5.41, 5.74) is 1.63. The standard InChI is InChI=1S/C22H28N4O3S/c1-3-5-11-26-21(28)19(25(22(26)30)12-6-13-29-4-2)15-20(27)24-17-8-7-16-9-10-23-18(16)14-17/h3,7-10,14,19,23H,1,4-6,11-13,15H2,2H3,(H,24,27). The van der Waals surface area contributed by atoms with Gasteiger partial charge in [-0.25, -0.2) is 0 Å². The Morgan fingerprint density at radius 1 is 1.37 bits per heavy atom. The molecule has 1 fully saturated rings. The highest BCUT2D eigenvalue weighted by atomic mass is 32.1. The zero-order chi connectivity index (χ0) is 21.5. The summed E-state index contributed by atoms with van der Waals surface area (Å²) < 4.78 is 5.41. The molecule has 0 aliphatic carbocycles. The maximum atomic E-state index is 13.0. The Hall–Kier alpha value is -2.71. The third-order valence-electron chi connectivity index (χ3n) is 5.07. The molecule has 0 saturated carbocycles. The molecule has 0 spiro atoms. The monoisotopic (exact) mass is 428 g/mol. The Morgan fingerprint density at radius 3 is 2.97 bits per heavy atom. The Balaban J connectivity index is 1.68. The first kappa shape index (κ1) is 22.0. The van der Waals surface area contributed by atoms with Crippen LogP contribution in [0.4, 0.5) is 5.69 Å². The van der Waals surface area contributed by atoms with Crippen LogP contribution >= 0.6 is 12.2 Å². The summed E-state index contributed by atoms with van der Waals surface area (Å²) in [7, 11) is 0. The molecule has 0 radical (unpaired) electrons. The van der Waals surface area contributed by atoms with E-state index in [4.69, 9.17) is 17.0 Å². The molecular formula is C22H28N4O3S. The summed E-state index contributed by atoms with van der Waals surface area (Å²) in [6, 6.07) is 7.04. The molecule has 1 unspecified atom stereocenters. The largest absolute Gasteiger partial charge is 0.382 e. The van der Waals surface area contributed by atoms with E-state index in [1.807, 2.05) is 42.3 Å². The average Bonchev–Trinajstić information content (AvgIpc) is 3.27. The Bertz CT molecular complexity index is 926. The zero-order valence-corrected chi connectivity index (χ0v) is 18.0. The van der Waals surface area contributed by atoms with Gasteiger partial charge in [-0.1, -0.05) is 12.1 Å². The van der Waals surface area contributed by atoms with Crippen LogP contribution in [-0.2, 0) is 14.3 Å². The van der Waals surface area contributed by atoms with Crippen LogP contribution in [0.5, 0.6) is 0 Å². The van der Waals surface area contributed by atoms with E-state index in [2.05, 4.69) is 16.9 Å². The summed E-state index contributed by atoms with van der Waals surface area (Å²) >= 11 is 5.55. The van der Waals surface area contributed by atoms with Crippen molar-refractivity contribution in [3.63, 3.8) is 0 Å². The van der Waals surface area contributed by atoms with Gasteiger partial charge in [0.2, 0.25) is 5.91 Å². The summed E-state index contributed by atoms with van der Waals surface area (Å²) in [6.07, 6.45) is 5.03. The van der Waals surface area contributed by atoms with E-state index < -0.39 is 6.04 Å². The number of rotatable bonds is 11. The molecule has 3 rings (SSSR count). The van der Waals surface area contributed by atoms with Gasteiger partial charge in [-0.3, -0.25) is 14.5 Å². The predicted molar refractivity (Wildman–Crippen MR) is 122 cm³/mol. The Kier molecular flexibility index (Phi) is 7.59. The van der Waals surface area contributed by atoms with Crippen LogP contribution < -0.4 is 5.32 Å². The van der Waals surface area contributed by atoms with Gasteiger partial charge < -0.3 is 19.9 Å². The number of fused-ring (bicyclic) bond motifs is 1. The number of carbonyl (C=O) groups is 2. The third-order valence-corrected chi connectivity index (χ3v) is 5.52. The van der Waals surface area contributed by atoms with Crippen molar-refractivity contribution < 1.29 is 14.3 Å². The first-order valence-electron chi connectivity index (χ1n) is 10.2. The fraction of sp³-hybridized carbons (Fsp3) is 0.409. The van der Waals surface area contributed by atoms with Crippen molar-refractivity contribution in [2.75, 3.05) is 31.6 Å². The number of benzene rings is 1. The van der Waals surface area contributed by atoms with Crippen LogP contribution in [0.15, 0.2) is 43.1 Å². The van der Waals surface area contributed by atoms with Crippen LogP contribution in [0, 0.1) is 0 Å². The highest BCUT2D eigenvalue weighted by Gasteiger charge is 2.42. The number of amides is 2.